The van der Waals surface area contributed by atoms with E-state index in [1.54, 1.807) is 23.1 Å². The largest absolute Gasteiger partial charge is 0.393 e. The second-order valence-electron chi connectivity index (χ2n) is 7.43. The second-order valence-corrected chi connectivity index (χ2v) is 7.43. The lowest BCUT2D eigenvalue weighted by Gasteiger charge is -2.29. The highest BCUT2D eigenvalue weighted by Gasteiger charge is 2.23. The maximum atomic E-state index is 12.1. The van der Waals surface area contributed by atoms with Gasteiger partial charge in [-0.25, -0.2) is 0 Å². The van der Waals surface area contributed by atoms with E-state index in [9.17, 15) is 19.5 Å². The summed E-state index contributed by atoms with van der Waals surface area (Å²) in [7, 11) is 0. The third-order valence-electron chi connectivity index (χ3n) is 5.30. The van der Waals surface area contributed by atoms with E-state index in [2.05, 4.69) is 15.5 Å². The van der Waals surface area contributed by atoms with E-state index in [4.69, 9.17) is 0 Å². The van der Waals surface area contributed by atoms with Crippen LogP contribution in [0.1, 0.15) is 31.2 Å². The Balaban J connectivity index is 1.46. The summed E-state index contributed by atoms with van der Waals surface area (Å²) in [5.41, 5.74) is 2.25. The molecule has 0 aliphatic carbocycles. The average Bonchev–Trinajstić information content (AvgIpc) is 3.09. The summed E-state index contributed by atoms with van der Waals surface area (Å²) in [6.45, 7) is 5.24. The highest BCUT2D eigenvalue weighted by Crippen LogP contribution is 2.27. The van der Waals surface area contributed by atoms with Crippen LogP contribution in [-0.4, -0.2) is 66.6 Å². The van der Waals surface area contributed by atoms with Crippen molar-refractivity contribution in [1.29, 1.82) is 0 Å². The zero-order chi connectivity index (χ0) is 20.1. The molecule has 2 fully saturated rings. The van der Waals surface area contributed by atoms with Gasteiger partial charge in [-0.15, -0.1) is 0 Å². The first kappa shape index (κ1) is 20.3. The molecule has 2 aliphatic rings. The predicted molar refractivity (Wildman–Crippen MR) is 106 cm³/mol. The van der Waals surface area contributed by atoms with Crippen LogP contribution in [0.5, 0.6) is 0 Å². The molecule has 0 aromatic heterocycles. The van der Waals surface area contributed by atoms with Gasteiger partial charge < -0.3 is 25.5 Å². The van der Waals surface area contributed by atoms with Crippen LogP contribution in [0.3, 0.4) is 0 Å². The molecule has 0 unspecified atom stereocenters. The van der Waals surface area contributed by atoms with E-state index in [1.807, 2.05) is 6.92 Å². The lowest BCUT2D eigenvalue weighted by molar-refractivity contribution is -0.136. The Morgan fingerprint density at radius 3 is 2.57 bits per heavy atom. The van der Waals surface area contributed by atoms with Gasteiger partial charge in [0.05, 0.1) is 6.10 Å². The Morgan fingerprint density at radius 2 is 1.93 bits per heavy atom. The SMILES string of the molecule is Cc1cc(NC(=O)C(=O)NCCN2CCC(O)CC2)ccc1N1CCCC1=O. The molecule has 0 radical (unpaired) electrons. The monoisotopic (exact) mass is 388 g/mol. The minimum absolute atomic E-state index is 0.113. The van der Waals surface area contributed by atoms with Gasteiger partial charge in [-0.3, -0.25) is 14.4 Å². The molecule has 2 saturated heterocycles. The number of nitrogens with one attached hydrogen (secondary N) is 2. The number of benzene rings is 1. The zero-order valence-corrected chi connectivity index (χ0v) is 16.2. The first-order valence-corrected chi connectivity index (χ1v) is 9.84. The summed E-state index contributed by atoms with van der Waals surface area (Å²) >= 11 is 0. The number of rotatable bonds is 5. The molecule has 2 heterocycles. The van der Waals surface area contributed by atoms with E-state index in [0.29, 0.717) is 31.7 Å². The number of nitrogens with zero attached hydrogens (tertiary/aromatic N) is 2. The van der Waals surface area contributed by atoms with Crippen molar-refractivity contribution in [3.8, 4) is 0 Å². The number of amides is 3. The predicted octanol–water partition coefficient (Wildman–Crippen LogP) is 0.633. The molecule has 3 amide bonds. The molecule has 3 N–H and O–H groups in total. The van der Waals surface area contributed by atoms with Gasteiger partial charge in [0, 0.05) is 50.5 Å². The highest BCUT2D eigenvalue weighted by molar-refractivity contribution is 6.39. The number of carbonyl (C=O) groups excluding carboxylic acids is 3. The number of anilines is 2. The lowest BCUT2D eigenvalue weighted by Crippen LogP contribution is -2.43. The number of hydrogen-bond donors (Lipinski definition) is 3. The van der Waals surface area contributed by atoms with Crippen LogP contribution in [-0.2, 0) is 14.4 Å². The van der Waals surface area contributed by atoms with Crippen LogP contribution in [0.25, 0.3) is 0 Å². The van der Waals surface area contributed by atoms with Crippen molar-refractivity contribution in [2.45, 2.75) is 38.7 Å². The maximum Gasteiger partial charge on any atom is 0.313 e. The third kappa shape index (κ3) is 5.08. The Kier molecular flexibility index (Phi) is 6.64. The van der Waals surface area contributed by atoms with Crippen molar-refractivity contribution in [3.05, 3.63) is 23.8 Å². The summed E-state index contributed by atoms with van der Waals surface area (Å²) in [6, 6.07) is 5.28. The minimum atomic E-state index is -0.710. The van der Waals surface area contributed by atoms with E-state index in [-0.39, 0.29) is 12.0 Å². The Labute approximate surface area is 164 Å². The summed E-state index contributed by atoms with van der Waals surface area (Å²) in [5.74, 6) is -1.27. The van der Waals surface area contributed by atoms with Crippen LogP contribution in [0.2, 0.25) is 0 Å². The summed E-state index contributed by atoms with van der Waals surface area (Å²) in [5, 5.41) is 14.7. The fraction of sp³-hybridized carbons (Fsp3) is 0.550. The van der Waals surface area contributed by atoms with Gasteiger partial charge in [0.25, 0.3) is 0 Å². The number of aliphatic hydroxyl groups is 1. The van der Waals surface area contributed by atoms with Gasteiger partial charge in [-0.1, -0.05) is 0 Å². The number of likely N-dealkylation sites (tertiary alicyclic amines) is 1. The summed E-state index contributed by atoms with van der Waals surface area (Å²) in [4.78, 5) is 39.9. The van der Waals surface area contributed by atoms with Crippen molar-refractivity contribution in [3.63, 3.8) is 0 Å². The quantitative estimate of drug-likeness (QED) is 0.643. The van der Waals surface area contributed by atoms with Gasteiger partial charge in [0.15, 0.2) is 0 Å². The summed E-state index contributed by atoms with van der Waals surface area (Å²) < 4.78 is 0. The van der Waals surface area contributed by atoms with Gasteiger partial charge in [-0.2, -0.15) is 0 Å². The molecule has 152 valence electrons. The number of hydrogen-bond acceptors (Lipinski definition) is 5. The van der Waals surface area contributed by atoms with Crippen molar-refractivity contribution in [1.82, 2.24) is 10.2 Å². The standard InChI is InChI=1S/C20H28N4O4/c1-14-13-15(4-5-17(14)24-9-2-3-18(24)26)22-20(28)19(27)21-8-12-23-10-6-16(25)7-11-23/h4-5,13,16,25H,2-3,6-12H2,1H3,(H,21,27)(H,22,28). The minimum Gasteiger partial charge on any atom is -0.393 e. The third-order valence-corrected chi connectivity index (χ3v) is 5.30. The van der Waals surface area contributed by atoms with Crippen molar-refractivity contribution >= 4 is 29.1 Å². The van der Waals surface area contributed by atoms with E-state index >= 15 is 0 Å². The van der Waals surface area contributed by atoms with E-state index < -0.39 is 11.8 Å². The smallest absolute Gasteiger partial charge is 0.313 e. The number of aliphatic hydroxyl groups excluding tert-OH is 1. The highest BCUT2D eigenvalue weighted by atomic mass is 16.3. The molecule has 0 spiro atoms. The molecule has 0 saturated carbocycles. The Morgan fingerprint density at radius 1 is 1.18 bits per heavy atom. The summed E-state index contributed by atoms with van der Waals surface area (Å²) in [6.07, 6.45) is 2.68. The molecule has 1 aromatic carbocycles. The topological polar surface area (TPSA) is 102 Å². The molecular formula is C20H28N4O4. The van der Waals surface area contributed by atoms with Gasteiger partial charge in [0.2, 0.25) is 5.91 Å². The molecule has 28 heavy (non-hydrogen) atoms. The maximum absolute atomic E-state index is 12.1. The van der Waals surface area contributed by atoms with Crippen molar-refractivity contribution < 1.29 is 19.5 Å². The Hall–Kier alpha value is -2.45. The molecule has 8 heteroatoms. The van der Waals surface area contributed by atoms with Crippen LogP contribution in [0.4, 0.5) is 11.4 Å². The van der Waals surface area contributed by atoms with E-state index in [1.165, 1.54) is 0 Å². The fourth-order valence-electron chi connectivity index (χ4n) is 3.68. The molecule has 2 aliphatic heterocycles. The molecule has 0 bridgehead atoms. The molecule has 3 rings (SSSR count). The average molecular weight is 388 g/mol. The van der Waals surface area contributed by atoms with Crippen LogP contribution in [0, 0.1) is 6.92 Å². The van der Waals surface area contributed by atoms with E-state index in [0.717, 1.165) is 43.6 Å². The molecule has 8 nitrogen and oxygen atoms in total. The lowest BCUT2D eigenvalue weighted by atomic mass is 10.1. The van der Waals surface area contributed by atoms with Crippen LogP contribution < -0.4 is 15.5 Å². The first-order chi connectivity index (χ1) is 13.4. The number of aryl methyl sites for hydroxylation is 1. The van der Waals surface area contributed by atoms with Gasteiger partial charge >= 0.3 is 11.8 Å². The number of piperidine rings is 1. The molecular weight excluding hydrogens is 360 g/mol. The fourth-order valence-corrected chi connectivity index (χ4v) is 3.68. The second kappa shape index (κ2) is 9.16. The normalized spacial score (nSPS) is 18.4. The first-order valence-electron chi connectivity index (χ1n) is 9.84. The molecule has 1 aromatic rings. The van der Waals surface area contributed by atoms with Crippen LogP contribution in [0.15, 0.2) is 18.2 Å². The molecule has 0 atom stereocenters. The van der Waals surface area contributed by atoms with Gasteiger partial charge in [-0.05, 0) is 49.9 Å². The van der Waals surface area contributed by atoms with Crippen LogP contribution >= 0.6 is 0 Å². The number of carbonyl (C=O) groups is 3. The van der Waals surface area contributed by atoms with Crippen molar-refractivity contribution in [2.75, 3.05) is 42.9 Å². The van der Waals surface area contributed by atoms with Crippen molar-refractivity contribution in [2.24, 2.45) is 0 Å². The Bertz CT molecular complexity index is 744. The zero-order valence-electron chi connectivity index (χ0n) is 16.2. The van der Waals surface area contributed by atoms with Gasteiger partial charge in [0.1, 0.15) is 0 Å².